The SMILES string of the molecule is Cn1nnnc1Sc1ccc(C=O)cc1Br. The van der Waals surface area contributed by atoms with E-state index < -0.39 is 0 Å². The molecular formula is C9H7BrN4OS. The predicted molar refractivity (Wildman–Crippen MR) is 62.5 cm³/mol. The highest BCUT2D eigenvalue weighted by Crippen LogP contribution is 2.32. The molecule has 82 valence electrons. The maximum Gasteiger partial charge on any atom is 0.213 e. The van der Waals surface area contributed by atoms with Crippen LogP contribution in [0.2, 0.25) is 0 Å². The summed E-state index contributed by atoms with van der Waals surface area (Å²) in [6.07, 6.45) is 0.809. The molecule has 16 heavy (non-hydrogen) atoms. The predicted octanol–water partition coefficient (Wildman–Crippen LogP) is 1.94. The summed E-state index contributed by atoms with van der Waals surface area (Å²) >= 11 is 4.83. The van der Waals surface area contributed by atoms with Crippen LogP contribution in [-0.4, -0.2) is 26.5 Å². The van der Waals surface area contributed by atoms with Crippen LogP contribution in [0, 0.1) is 0 Å². The fourth-order valence-electron chi connectivity index (χ4n) is 1.08. The van der Waals surface area contributed by atoms with Gasteiger partial charge in [0, 0.05) is 22.0 Å². The number of hydrogen-bond donors (Lipinski definition) is 0. The number of carbonyl (C=O) groups excluding carboxylic acids is 1. The molecule has 0 aliphatic rings. The third-order valence-corrected chi connectivity index (χ3v) is 3.90. The van der Waals surface area contributed by atoms with Crippen molar-refractivity contribution in [3.63, 3.8) is 0 Å². The molecule has 5 nitrogen and oxygen atoms in total. The van der Waals surface area contributed by atoms with Gasteiger partial charge in [0.2, 0.25) is 5.16 Å². The molecule has 0 fully saturated rings. The first-order chi connectivity index (χ1) is 7.70. The summed E-state index contributed by atoms with van der Waals surface area (Å²) in [7, 11) is 1.77. The number of hydrogen-bond acceptors (Lipinski definition) is 5. The van der Waals surface area contributed by atoms with Crippen molar-refractivity contribution in [1.29, 1.82) is 0 Å². The summed E-state index contributed by atoms with van der Waals surface area (Å²) < 4.78 is 2.44. The van der Waals surface area contributed by atoms with Gasteiger partial charge in [-0.1, -0.05) is 6.07 Å². The van der Waals surface area contributed by atoms with E-state index in [2.05, 4.69) is 31.5 Å². The normalized spacial score (nSPS) is 10.4. The first-order valence-electron chi connectivity index (χ1n) is 4.35. The number of aryl methyl sites for hydroxylation is 1. The Balaban J connectivity index is 2.29. The summed E-state index contributed by atoms with van der Waals surface area (Å²) in [6, 6.07) is 5.37. The molecule has 0 spiro atoms. The second-order valence-electron chi connectivity index (χ2n) is 2.99. The monoisotopic (exact) mass is 298 g/mol. The van der Waals surface area contributed by atoms with Crippen LogP contribution in [0.4, 0.5) is 0 Å². The third kappa shape index (κ3) is 2.30. The van der Waals surface area contributed by atoms with Gasteiger partial charge in [-0.3, -0.25) is 4.79 Å². The van der Waals surface area contributed by atoms with E-state index >= 15 is 0 Å². The molecular weight excluding hydrogens is 292 g/mol. The molecule has 0 atom stereocenters. The van der Waals surface area contributed by atoms with Crippen molar-refractivity contribution in [1.82, 2.24) is 20.2 Å². The second kappa shape index (κ2) is 4.75. The lowest BCUT2D eigenvalue weighted by Gasteiger charge is -2.02. The Bertz CT molecular complexity index is 528. The number of rotatable bonds is 3. The molecule has 2 rings (SSSR count). The topological polar surface area (TPSA) is 60.7 Å². The van der Waals surface area contributed by atoms with E-state index in [4.69, 9.17) is 0 Å². The minimum Gasteiger partial charge on any atom is -0.298 e. The molecule has 1 aromatic heterocycles. The van der Waals surface area contributed by atoms with Gasteiger partial charge in [0.25, 0.3) is 0 Å². The number of halogens is 1. The highest BCUT2D eigenvalue weighted by Gasteiger charge is 2.08. The van der Waals surface area contributed by atoms with E-state index in [1.807, 2.05) is 6.07 Å². The van der Waals surface area contributed by atoms with Gasteiger partial charge < -0.3 is 0 Å². The van der Waals surface area contributed by atoms with Gasteiger partial charge in [-0.2, -0.15) is 0 Å². The maximum atomic E-state index is 10.6. The summed E-state index contributed by atoms with van der Waals surface area (Å²) in [5.41, 5.74) is 0.632. The van der Waals surface area contributed by atoms with Crippen molar-refractivity contribution in [3.05, 3.63) is 28.2 Å². The van der Waals surface area contributed by atoms with Crippen molar-refractivity contribution in [2.75, 3.05) is 0 Å². The largest absolute Gasteiger partial charge is 0.298 e. The smallest absolute Gasteiger partial charge is 0.213 e. The van der Waals surface area contributed by atoms with E-state index in [-0.39, 0.29) is 0 Å². The van der Waals surface area contributed by atoms with E-state index in [9.17, 15) is 4.79 Å². The summed E-state index contributed by atoms with van der Waals surface area (Å²) in [5, 5.41) is 11.9. The standard InChI is InChI=1S/C9H7BrN4OS/c1-14-9(11-12-13-14)16-8-3-2-6(5-15)4-7(8)10/h2-5H,1H3. The lowest BCUT2D eigenvalue weighted by Crippen LogP contribution is -1.93. The van der Waals surface area contributed by atoms with Gasteiger partial charge >= 0.3 is 0 Å². The van der Waals surface area contributed by atoms with E-state index in [1.54, 1.807) is 23.9 Å². The molecule has 2 aromatic rings. The molecule has 0 amide bonds. The number of benzene rings is 1. The molecule has 0 aliphatic heterocycles. The number of aldehydes is 1. The Kier molecular flexibility index (Phi) is 3.35. The summed E-state index contributed by atoms with van der Waals surface area (Å²) in [5.74, 6) is 0. The molecule has 1 heterocycles. The lowest BCUT2D eigenvalue weighted by molar-refractivity contribution is 0.112. The number of tetrazole rings is 1. The van der Waals surface area contributed by atoms with Gasteiger partial charge in [0.05, 0.1) is 0 Å². The van der Waals surface area contributed by atoms with Crippen LogP contribution >= 0.6 is 27.7 Å². The minimum atomic E-state index is 0.632. The minimum absolute atomic E-state index is 0.632. The highest BCUT2D eigenvalue weighted by atomic mass is 79.9. The Morgan fingerprint density at radius 1 is 1.50 bits per heavy atom. The number of carbonyl (C=O) groups is 1. The zero-order valence-corrected chi connectivity index (χ0v) is 10.7. The van der Waals surface area contributed by atoms with Gasteiger partial charge in [-0.25, -0.2) is 4.68 Å². The Labute approximate surface area is 104 Å². The van der Waals surface area contributed by atoms with Gasteiger partial charge in [-0.15, -0.1) is 5.10 Å². The molecule has 0 unspecified atom stereocenters. The lowest BCUT2D eigenvalue weighted by atomic mass is 10.2. The number of nitrogens with zero attached hydrogens (tertiary/aromatic N) is 4. The Hall–Kier alpha value is -1.21. The maximum absolute atomic E-state index is 10.6. The van der Waals surface area contributed by atoms with Crippen LogP contribution in [0.15, 0.2) is 32.7 Å². The fourth-order valence-corrected chi connectivity index (χ4v) is 2.45. The molecule has 0 saturated heterocycles. The van der Waals surface area contributed by atoms with Crippen LogP contribution in [-0.2, 0) is 7.05 Å². The van der Waals surface area contributed by atoms with Crippen molar-refractivity contribution >= 4 is 34.0 Å². The number of aromatic nitrogens is 4. The molecule has 0 N–H and O–H groups in total. The first kappa shape index (κ1) is 11.3. The summed E-state index contributed by atoms with van der Waals surface area (Å²) in [4.78, 5) is 11.5. The Morgan fingerprint density at radius 2 is 2.31 bits per heavy atom. The van der Waals surface area contributed by atoms with Gasteiger partial charge in [0.1, 0.15) is 6.29 Å². The van der Waals surface area contributed by atoms with Crippen LogP contribution in [0.3, 0.4) is 0 Å². The van der Waals surface area contributed by atoms with Crippen LogP contribution in [0.25, 0.3) is 0 Å². The van der Waals surface area contributed by atoms with Crippen LogP contribution < -0.4 is 0 Å². The van der Waals surface area contributed by atoms with E-state index in [0.717, 1.165) is 15.7 Å². The van der Waals surface area contributed by atoms with Crippen molar-refractivity contribution in [3.8, 4) is 0 Å². The first-order valence-corrected chi connectivity index (χ1v) is 5.96. The Morgan fingerprint density at radius 3 is 2.88 bits per heavy atom. The molecule has 0 aliphatic carbocycles. The third-order valence-electron chi connectivity index (χ3n) is 1.87. The summed E-state index contributed by atoms with van der Waals surface area (Å²) in [6.45, 7) is 0. The van der Waals surface area contributed by atoms with E-state index in [0.29, 0.717) is 10.7 Å². The van der Waals surface area contributed by atoms with Gasteiger partial charge in [0.15, 0.2) is 0 Å². The molecule has 1 aromatic carbocycles. The zero-order valence-electron chi connectivity index (χ0n) is 8.29. The second-order valence-corrected chi connectivity index (χ2v) is 4.86. The molecule has 0 saturated carbocycles. The van der Waals surface area contributed by atoms with E-state index in [1.165, 1.54) is 11.8 Å². The molecule has 0 bridgehead atoms. The van der Waals surface area contributed by atoms with Crippen molar-refractivity contribution in [2.24, 2.45) is 7.05 Å². The average Bonchev–Trinajstić information content (AvgIpc) is 2.67. The quantitative estimate of drug-likeness (QED) is 0.811. The van der Waals surface area contributed by atoms with Crippen molar-refractivity contribution < 1.29 is 4.79 Å². The average molecular weight is 299 g/mol. The molecule has 0 radical (unpaired) electrons. The van der Waals surface area contributed by atoms with Crippen LogP contribution in [0.1, 0.15) is 10.4 Å². The zero-order chi connectivity index (χ0) is 11.5. The molecule has 7 heteroatoms. The fraction of sp³-hybridized carbons (Fsp3) is 0.111. The highest BCUT2D eigenvalue weighted by molar-refractivity contribution is 9.10. The van der Waals surface area contributed by atoms with Crippen molar-refractivity contribution in [2.45, 2.75) is 10.1 Å². The van der Waals surface area contributed by atoms with Crippen LogP contribution in [0.5, 0.6) is 0 Å². The van der Waals surface area contributed by atoms with Gasteiger partial charge in [-0.05, 0) is 50.3 Å².